The maximum atomic E-state index is 9.56. The van der Waals surface area contributed by atoms with E-state index in [0.717, 1.165) is 84.3 Å². The lowest BCUT2D eigenvalue weighted by molar-refractivity contribution is -0.107. The van der Waals surface area contributed by atoms with Crippen LogP contribution in [0.2, 0.25) is 6.32 Å². The predicted octanol–water partition coefficient (Wildman–Crippen LogP) is 4.05. The number of carbonyl (C=O) groups is 1. The van der Waals surface area contributed by atoms with Crippen LogP contribution < -0.4 is 5.32 Å². The van der Waals surface area contributed by atoms with E-state index in [0.29, 0.717) is 6.61 Å². The molecule has 1 N–H and O–H groups in total. The third-order valence-corrected chi connectivity index (χ3v) is 2.59. The van der Waals surface area contributed by atoms with Gasteiger partial charge in [0, 0.05) is 32.8 Å². The standard InChI is InChI=1S/C8H19NO2.C5H11BO.C5H10O.C2H6/c1-3-5-10-7-8-11-6-4-9-2;1-2-7-5-3-4-6;1-2-3-4-5-6;1-2/h9H,3-8H2,1-2H3;2-5H2,1H3;5H,2-4H2,1H3;1-2H3. The Morgan fingerprint density at radius 3 is 1.85 bits per heavy atom. The Kier molecular flexibility index (Phi) is 56.4. The molecule has 0 heterocycles. The van der Waals surface area contributed by atoms with Crippen molar-refractivity contribution in [2.75, 3.05) is 53.2 Å². The van der Waals surface area contributed by atoms with Gasteiger partial charge in [-0.3, -0.25) is 0 Å². The highest BCUT2D eigenvalue weighted by molar-refractivity contribution is 6.08. The van der Waals surface area contributed by atoms with Gasteiger partial charge in [-0.2, -0.15) is 0 Å². The molecule has 6 heteroatoms. The van der Waals surface area contributed by atoms with Gasteiger partial charge >= 0.3 is 0 Å². The molecule has 5 nitrogen and oxygen atoms in total. The summed E-state index contributed by atoms with van der Waals surface area (Å²) in [5.74, 6) is 0. The van der Waals surface area contributed by atoms with Gasteiger partial charge in [-0.25, -0.2) is 0 Å². The Bertz CT molecular complexity index is 187. The fraction of sp³-hybridized carbons (Fsp3) is 0.950. The molecular weight excluding hydrogens is 329 g/mol. The average molecular weight is 375 g/mol. The largest absolute Gasteiger partial charge is 0.382 e. The van der Waals surface area contributed by atoms with Crippen molar-refractivity contribution in [1.29, 1.82) is 0 Å². The summed E-state index contributed by atoms with van der Waals surface area (Å²) in [7, 11) is 7.10. The first-order chi connectivity index (χ1) is 12.7. The summed E-state index contributed by atoms with van der Waals surface area (Å²) in [6, 6.07) is 0. The second-order valence-electron chi connectivity index (χ2n) is 4.98. The van der Waals surface area contributed by atoms with Crippen molar-refractivity contribution in [3.8, 4) is 0 Å². The van der Waals surface area contributed by atoms with E-state index in [1.807, 2.05) is 27.8 Å². The second-order valence-corrected chi connectivity index (χ2v) is 4.98. The summed E-state index contributed by atoms with van der Waals surface area (Å²) in [5.41, 5.74) is 0. The van der Waals surface area contributed by atoms with Crippen LogP contribution in [0.5, 0.6) is 0 Å². The van der Waals surface area contributed by atoms with Crippen LogP contribution in [0, 0.1) is 0 Å². The van der Waals surface area contributed by atoms with Gasteiger partial charge in [0.25, 0.3) is 0 Å². The molecule has 0 aliphatic rings. The molecule has 0 saturated carbocycles. The first kappa shape index (κ1) is 33.2. The second kappa shape index (κ2) is 44.2. The Balaban J connectivity index is -0.000000140. The van der Waals surface area contributed by atoms with Crippen LogP contribution in [0.1, 0.15) is 66.7 Å². The highest BCUT2D eigenvalue weighted by Gasteiger charge is 1.87. The van der Waals surface area contributed by atoms with Crippen LogP contribution in [0.4, 0.5) is 0 Å². The lowest BCUT2D eigenvalue weighted by Crippen LogP contribution is -2.16. The molecule has 0 aliphatic heterocycles. The first-order valence-electron chi connectivity index (χ1n) is 10.3. The lowest BCUT2D eigenvalue weighted by Gasteiger charge is -2.03. The van der Waals surface area contributed by atoms with E-state index < -0.39 is 0 Å². The highest BCUT2D eigenvalue weighted by Crippen LogP contribution is 1.87. The highest BCUT2D eigenvalue weighted by atomic mass is 16.5. The number of ether oxygens (including phenoxy) is 3. The normalized spacial score (nSPS) is 9.00. The first-order valence-corrected chi connectivity index (χ1v) is 10.3. The zero-order valence-electron chi connectivity index (χ0n) is 18.5. The molecule has 0 unspecified atom stereocenters. The molecule has 0 bridgehead atoms. The van der Waals surface area contributed by atoms with Gasteiger partial charge in [0.05, 0.1) is 27.7 Å². The van der Waals surface area contributed by atoms with E-state index in [1.165, 1.54) is 0 Å². The molecule has 0 aromatic carbocycles. The minimum atomic E-state index is 0.710. The van der Waals surface area contributed by atoms with E-state index >= 15 is 0 Å². The van der Waals surface area contributed by atoms with E-state index in [9.17, 15) is 4.79 Å². The smallest absolute Gasteiger partial charge is 0.119 e. The number of aldehydes is 1. The molecule has 0 amide bonds. The predicted molar refractivity (Wildman–Crippen MR) is 114 cm³/mol. The molecule has 0 aliphatic carbocycles. The minimum absolute atomic E-state index is 0.710. The summed E-state index contributed by atoms with van der Waals surface area (Å²) < 4.78 is 15.4. The Hall–Kier alpha value is -0.425. The Morgan fingerprint density at radius 2 is 1.46 bits per heavy atom. The average Bonchev–Trinajstić information content (AvgIpc) is 2.69. The molecule has 0 aromatic heterocycles. The molecule has 0 aromatic rings. The SMILES string of the molecule is CC.CCCCC=O.CCCOCCOCCNC.[B]CCCOCC. The minimum Gasteiger partial charge on any atom is -0.382 e. The van der Waals surface area contributed by atoms with Crippen LogP contribution in [0.3, 0.4) is 0 Å². The van der Waals surface area contributed by atoms with E-state index in [4.69, 9.17) is 22.1 Å². The van der Waals surface area contributed by atoms with Gasteiger partial charge in [-0.05, 0) is 33.2 Å². The fourth-order valence-electron chi connectivity index (χ4n) is 1.26. The van der Waals surface area contributed by atoms with Crippen LogP contribution >= 0.6 is 0 Å². The molecule has 0 saturated heterocycles. The van der Waals surface area contributed by atoms with Gasteiger partial charge in [0.1, 0.15) is 6.29 Å². The Labute approximate surface area is 165 Å². The number of nitrogens with one attached hydrogen (secondary N) is 1. The number of likely N-dealkylation sites (N-methyl/N-ethyl adjacent to an activating group) is 1. The van der Waals surface area contributed by atoms with Gasteiger partial charge in [0.15, 0.2) is 0 Å². The molecule has 0 fully saturated rings. The van der Waals surface area contributed by atoms with Crippen molar-refractivity contribution in [1.82, 2.24) is 5.32 Å². The number of hydrogen-bond acceptors (Lipinski definition) is 5. The summed E-state index contributed by atoms with van der Waals surface area (Å²) >= 11 is 0. The van der Waals surface area contributed by atoms with Crippen molar-refractivity contribution >= 4 is 14.1 Å². The third kappa shape index (κ3) is 56.6. The van der Waals surface area contributed by atoms with E-state index in [-0.39, 0.29) is 0 Å². The van der Waals surface area contributed by atoms with Gasteiger partial charge in [-0.15, -0.1) is 0 Å². The molecule has 2 radical (unpaired) electrons. The van der Waals surface area contributed by atoms with Crippen molar-refractivity contribution in [2.24, 2.45) is 0 Å². The van der Waals surface area contributed by atoms with Crippen LogP contribution in [-0.4, -0.2) is 67.4 Å². The van der Waals surface area contributed by atoms with Crippen molar-refractivity contribution in [2.45, 2.75) is 73.0 Å². The Morgan fingerprint density at radius 1 is 0.846 bits per heavy atom. The summed E-state index contributed by atoms with van der Waals surface area (Å²) in [5, 5.41) is 3.00. The van der Waals surface area contributed by atoms with Gasteiger partial charge < -0.3 is 24.3 Å². The number of carbonyl (C=O) groups excluding carboxylic acids is 1. The summed E-state index contributed by atoms with van der Waals surface area (Å²) in [6.07, 6.45) is 6.66. The van der Waals surface area contributed by atoms with Gasteiger partial charge in [0.2, 0.25) is 0 Å². The number of hydrogen-bond donors (Lipinski definition) is 1. The molecule has 0 rings (SSSR count). The molecule has 0 spiro atoms. The summed E-state index contributed by atoms with van der Waals surface area (Å²) in [4.78, 5) is 9.56. The molecule has 26 heavy (non-hydrogen) atoms. The fourth-order valence-corrected chi connectivity index (χ4v) is 1.26. The monoisotopic (exact) mass is 375 g/mol. The van der Waals surface area contributed by atoms with Gasteiger partial charge in [-0.1, -0.05) is 40.4 Å². The lowest BCUT2D eigenvalue weighted by atomic mass is 10.0. The third-order valence-electron chi connectivity index (χ3n) is 2.59. The quantitative estimate of drug-likeness (QED) is 0.266. The number of rotatable bonds is 15. The zero-order valence-corrected chi connectivity index (χ0v) is 18.5. The van der Waals surface area contributed by atoms with E-state index in [2.05, 4.69) is 19.2 Å². The van der Waals surface area contributed by atoms with Crippen molar-refractivity contribution < 1.29 is 19.0 Å². The van der Waals surface area contributed by atoms with Crippen molar-refractivity contribution in [3.05, 3.63) is 0 Å². The van der Waals surface area contributed by atoms with Crippen LogP contribution in [0.25, 0.3) is 0 Å². The van der Waals surface area contributed by atoms with Crippen molar-refractivity contribution in [3.63, 3.8) is 0 Å². The van der Waals surface area contributed by atoms with Crippen LogP contribution in [-0.2, 0) is 19.0 Å². The maximum absolute atomic E-state index is 9.56. The van der Waals surface area contributed by atoms with Crippen LogP contribution in [0.15, 0.2) is 0 Å². The van der Waals surface area contributed by atoms with E-state index in [1.54, 1.807) is 0 Å². The summed E-state index contributed by atoms with van der Waals surface area (Å²) in [6.45, 7) is 15.7. The number of unbranched alkanes of at least 4 members (excludes halogenated alkanes) is 2. The molecular formula is C20H46BNO4. The topological polar surface area (TPSA) is 56.8 Å². The molecule has 0 atom stereocenters. The molecule has 158 valence electrons. The zero-order chi connectivity index (χ0) is 20.7. The maximum Gasteiger partial charge on any atom is 0.119 e.